The third kappa shape index (κ3) is 3.01. The SMILES string of the molecule is CO[Si](CCOC1CCO1)(OC)OC. The largest absolute Gasteiger partial charge is 0.502 e. The first-order chi connectivity index (χ1) is 6.76. The lowest BCUT2D eigenvalue weighted by Gasteiger charge is -2.28. The van der Waals surface area contributed by atoms with Crippen LogP contribution in [-0.4, -0.2) is 49.6 Å². The minimum atomic E-state index is -2.45. The fraction of sp³-hybridized carbons (Fsp3) is 1.00. The van der Waals surface area contributed by atoms with Gasteiger partial charge >= 0.3 is 8.80 Å². The fourth-order valence-electron chi connectivity index (χ4n) is 1.22. The molecule has 6 heteroatoms. The summed E-state index contributed by atoms with van der Waals surface area (Å²) in [6.45, 7) is 1.35. The van der Waals surface area contributed by atoms with Gasteiger partial charge in [-0.1, -0.05) is 0 Å². The molecule has 0 aromatic rings. The van der Waals surface area contributed by atoms with Crippen LogP contribution < -0.4 is 0 Å². The predicted octanol–water partition coefficient (Wildman–Crippen LogP) is 0.627. The molecule has 1 unspecified atom stereocenters. The van der Waals surface area contributed by atoms with Gasteiger partial charge in [-0.05, 0) is 0 Å². The van der Waals surface area contributed by atoms with Crippen LogP contribution in [0.4, 0.5) is 0 Å². The maximum absolute atomic E-state index is 5.41. The van der Waals surface area contributed by atoms with Gasteiger partial charge in [-0.15, -0.1) is 0 Å². The Morgan fingerprint density at radius 1 is 1.21 bits per heavy atom. The van der Waals surface area contributed by atoms with E-state index in [0.717, 1.165) is 13.0 Å². The summed E-state index contributed by atoms with van der Waals surface area (Å²) in [5.74, 6) is 0. The molecule has 84 valence electrons. The van der Waals surface area contributed by atoms with Crippen LogP contribution in [0.2, 0.25) is 6.04 Å². The monoisotopic (exact) mass is 222 g/mol. The molecule has 14 heavy (non-hydrogen) atoms. The van der Waals surface area contributed by atoms with E-state index in [1.807, 2.05) is 0 Å². The van der Waals surface area contributed by atoms with E-state index in [9.17, 15) is 0 Å². The van der Waals surface area contributed by atoms with Crippen molar-refractivity contribution in [3.8, 4) is 0 Å². The highest BCUT2D eigenvalue weighted by Gasteiger charge is 2.37. The first-order valence-corrected chi connectivity index (χ1v) is 6.58. The fourth-order valence-corrected chi connectivity index (χ4v) is 2.70. The number of ether oxygens (including phenoxy) is 2. The normalized spacial score (nSPS) is 22.1. The Morgan fingerprint density at radius 3 is 2.14 bits per heavy atom. The van der Waals surface area contributed by atoms with Crippen LogP contribution in [0.25, 0.3) is 0 Å². The molecule has 1 fully saturated rings. The molecule has 0 N–H and O–H groups in total. The van der Waals surface area contributed by atoms with Crippen molar-refractivity contribution in [2.75, 3.05) is 34.5 Å². The average molecular weight is 222 g/mol. The van der Waals surface area contributed by atoms with Crippen LogP contribution in [0.1, 0.15) is 6.42 Å². The molecule has 5 nitrogen and oxygen atoms in total. The van der Waals surface area contributed by atoms with Gasteiger partial charge in [-0.2, -0.15) is 0 Å². The molecule has 0 radical (unpaired) electrons. The van der Waals surface area contributed by atoms with Gasteiger partial charge in [0, 0.05) is 33.8 Å². The second-order valence-electron chi connectivity index (χ2n) is 3.01. The van der Waals surface area contributed by atoms with Gasteiger partial charge < -0.3 is 22.8 Å². The zero-order valence-electron chi connectivity index (χ0n) is 8.95. The highest BCUT2D eigenvalue weighted by atomic mass is 28.4. The molecule has 1 aliphatic heterocycles. The van der Waals surface area contributed by atoms with Crippen molar-refractivity contribution in [2.45, 2.75) is 18.8 Å². The lowest BCUT2D eigenvalue weighted by Crippen LogP contribution is -2.44. The lowest BCUT2D eigenvalue weighted by atomic mass is 10.3. The number of rotatable bonds is 7. The van der Waals surface area contributed by atoms with Gasteiger partial charge in [-0.3, -0.25) is 0 Å². The predicted molar refractivity (Wildman–Crippen MR) is 51.9 cm³/mol. The maximum Gasteiger partial charge on any atom is 0.502 e. The van der Waals surface area contributed by atoms with E-state index in [1.165, 1.54) is 0 Å². The summed E-state index contributed by atoms with van der Waals surface area (Å²) < 4.78 is 26.3. The number of hydrogen-bond acceptors (Lipinski definition) is 5. The third-order valence-corrected chi connectivity index (χ3v) is 4.98. The smallest absolute Gasteiger partial charge is 0.377 e. The van der Waals surface area contributed by atoms with Crippen LogP contribution in [-0.2, 0) is 22.8 Å². The summed E-state index contributed by atoms with van der Waals surface area (Å²) in [6.07, 6.45) is 0.939. The van der Waals surface area contributed by atoms with Crippen LogP contribution in [0, 0.1) is 0 Å². The second-order valence-corrected chi connectivity index (χ2v) is 6.10. The van der Waals surface area contributed by atoms with Gasteiger partial charge in [0.1, 0.15) is 0 Å². The van der Waals surface area contributed by atoms with E-state index in [4.69, 9.17) is 22.8 Å². The van der Waals surface area contributed by atoms with Crippen molar-refractivity contribution in [3.05, 3.63) is 0 Å². The molecule has 0 saturated carbocycles. The minimum Gasteiger partial charge on any atom is -0.377 e. The Bertz CT molecular complexity index is 150. The zero-order chi connectivity index (χ0) is 10.4. The summed E-state index contributed by atoms with van der Waals surface area (Å²) in [5.41, 5.74) is 0. The van der Waals surface area contributed by atoms with E-state index >= 15 is 0 Å². The van der Waals surface area contributed by atoms with Crippen LogP contribution in [0.5, 0.6) is 0 Å². The Kier molecular flexibility index (Phi) is 5.00. The van der Waals surface area contributed by atoms with E-state index in [2.05, 4.69) is 0 Å². The molecule has 0 aromatic heterocycles. The van der Waals surface area contributed by atoms with Crippen molar-refractivity contribution in [2.24, 2.45) is 0 Å². The quantitative estimate of drug-likeness (QED) is 0.591. The molecular weight excluding hydrogens is 204 g/mol. The molecule has 0 aliphatic carbocycles. The molecule has 1 rings (SSSR count). The number of hydrogen-bond donors (Lipinski definition) is 0. The van der Waals surface area contributed by atoms with Gasteiger partial charge in [0.2, 0.25) is 0 Å². The Morgan fingerprint density at radius 2 is 1.79 bits per heavy atom. The van der Waals surface area contributed by atoms with E-state index < -0.39 is 8.80 Å². The van der Waals surface area contributed by atoms with E-state index in [0.29, 0.717) is 12.7 Å². The summed E-state index contributed by atoms with van der Waals surface area (Å²) in [5, 5.41) is 0. The van der Waals surface area contributed by atoms with Gasteiger partial charge in [0.25, 0.3) is 0 Å². The van der Waals surface area contributed by atoms with Gasteiger partial charge in [0.05, 0.1) is 13.2 Å². The molecule has 0 amide bonds. The Labute approximate surface area is 85.6 Å². The Balaban J connectivity index is 2.17. The second kappa shape index (κ2) is 5.79. The van der Waals surface area contributed by atoms with E-state index in [1.54, 1.807) is 21.3 Å². The molecule has 0 aromatic carbocycles. The van der Waals surface area contributed by atoms with Crippen molar-refractivity contribution >= 4 is 8.80 Å². The van der Waals surface area contributed by atoms with Crippen LogP contribution >= 0.6 is 0 Å². The molecule has 1 heterocycles. The lowest BCUT2D eigenvalue weighted by molar-refractivity contribution is -0.212. The summed E-state index contributed by atoms with van der Waals surface area (Å²) >= 11 is 0. The minimum absolute atomic E-state index is 0.0349. The molecule has 1 atom stereocenters. The Hall–Kier alpha value is 0.0169. The van der Waals surface area contributed by atoms with Crippen LogP contribution in [0.3, 0.4) is 0 Å². The van der Waals surface area contributed by atoms with Crippen molar-refractivity contribution in [1.82, 2.24) is 0 Å². The molecular formula is C8H18O5Si. The van der Waals surface area contributed by atoms with Crippen molar-refractivity contribution in [3.63, 3.8) is 0 Å². The molecule has 1 saturated heterocycles. The van der Waals surface area contributed by atoms with E-state index in [-0.39, 0.29) is 6.29 Å². The average Bonchev–Trinajstić information content (AvgIpc) is 2.17. The highest BCUT2D eigenvalue weighted by Crippen LogP contribution is 2.16. The third-order valence-electron chi connectivity index (χ3n) is 2.30. The van der Waals surface area contributed by atoms with Gasteiger partial charge in [0.15, 0.2) is 6.29 Å². The summed E-state index contributed by atoms with van der Waals surface area (Å²) in [4.78, 5) is 0. The first-order valence-electron chi connectivity index (χ1n) is 4.65. The molecule has 0 spiro atoms. The maximum atomic E-state index is 5.41. The summed E-state index contributed by atoms with van der Waals surface area (Å²) in [6, 6.07) is 0.649. The van der Waals surface area contributed by atoms with Crippen LogP contribution in [0.15, 0.2) is 0 Å². The van der Waals surface area contributed by atoms with Crippen molar-refractivity contribution in [1.29, 1.82) is 0 Å². The first kappa shape index (κ1) is 12.1. The summed E-state index contributed by atoms with van der Waals surface area (Å²) in [7, 11) is 2.34. The van der Waals surface area contributed by atoms with Gasteiger partial charge in [-0.25, -0.2) is 0 Å². The topological polar surface area (TPSA) is 46.2 Å². The zero-order valence-corrected chi connectivity index (χ0v) is 9.95. The highest BCUT2D eigenvalue weighted by molar-refractivity contribution is 6.60. The standard InChI is InChI=1S/C8H18O5Si/c1-9-14(10-2,11-3)7-6-13-8-4-5-12-8/h8H,4-7H2,1-3H3. The molecule has 0 bridgehead atoms. The van der Waals surface area contributed by atoms with Crippen molar-refractivity contribution < 1.29 is 22.8 Å². The molecule has 1 aliphatic rings.